The summed E-state index contributed by atoms with van der Waals surface area (Å²) in [5.74, 6) is 0. The quantitative estimate of drug-likeness (QED) is 0.639. The average molecular weight is 157 g/mol. The van der Waals surface area contributed by atoms with Crippen LogP contribution in [0.4, 0.5) is 0 Å². The zero-order valence-corrected chi connectivity index (χ0v) is 6.61. The number of aliphatic hydroxyl groups excluding tert-OH is 1. The molecule has 0 spiro atoms. The van der Waals surface area contributed by atoms with E-state index in [0.717, 1.165) is 5.69 Å². The van der Waals surface area contributed by atoms with Gasteiger partial charge < -0.3 is 9.84 Å². The summed E-state index contributed by atoms with van der Waals surface area (Å²) in [6.07, 6.45) is 0. The SMILES string of the molecule is COCc1c(CO)nnn1C. The number of rotatable bonds is 3. The van der Waals surface area contributed by atoms with Gasteiger partial charge in [-0.3, -0.25) is 0 Å². The molecule has 1 aromatic rings. The van der Waals surface area contributed by atoms with Gasteiger partial charge in [-0.25, -0.2) is 4.68 Å². The molecule has 0 aliphatic rings. The fraction of sp³-hybridized carbons (Fsp3) is 0.667. The Balaban J connectivity index is 2.88. The number of ether oxygens (including phenoxy) is 1. The summed E-state index contributed by atoms with van der Waals surface area (Å²) in [7, 11) is 3.36. The van der Waals surface area contributed by atoms with E-state index >= 15 is 0 Å². The number of hydrogen-bond acceptors (Lipinski definition) is 4. The van der Waals surface area contributed by atoms with Crippen LogP contribution in [0.5, 0.6) is 0 Å². The topological polar surface area (TPSA) is 60.2 Å². The van der Waals surface area contributed by atoms with Crippen LogP contribution in [0.3, 0.4) is 0 Å². The molecule has 1 heterocycles. The summed E-state index contributed by atoms with van der Waals surface area (Å²) in [4.78, 5) is 0. The van der Waals surface area contributed by atoms with E-state index in [2.05, 4.69) is 10.3 Å². The lowest BCUT2D eigenvalue weighted by molar-refractivity contribution is 0.174. The van der Waals surface area contributed by atoms with Gasteiger partial charge in [0.1, 0.15) is 5.69 Å². The van der Waals surface area contributed by atoms with Crippen molar-refractivity contribution in [1.29, 1.82) is 0 Å². The predicted octanol–water partition coefficient (Wildman–Crippen LogP) is -0.546. The van der Waals surface area contributed by atoms with Crippen LogP contribution in [-0.4, -0.2) is 27.2 Å². The van der Waals surface area contributed by atoms with Gasteiger partial charge in [0.15, 0.2) is 0 Å². The van der Waals surface area contributed by atoms with Gasteiger partial charge in [-0.2, -0.15) is 0 Å². The fourth-order valence-electron chi connectivity index (χ4n) is 0.856. The van der Waals surface area contributed by atoms with Crippen LogP contribution in [0, 0.1) is 0 Å². The molecule has 1 aromatic heterocycles. The lowest BCUT2D eigenvalue weighted by Gasteiger charge is -1.99. The van der Waals surface area contributed by atoms with E-state index < -0.39 is 0 Å². The molecule has 11 heavy (non-hydrogen) atoms. The minimum atomic E-state index is -0.0907. The molecule has 0 aromatic carbocycles. The Labute approximate surface area is 64.6 Å². The third-order valence-corrected chi connectivity index (χ3v) is 1.45. The number of aromatic nitrogens is 3. The van der Waals surface area contributed by atoms with Crippen molar-refractivity contribution in [2.75, 3.05) is 7.11 Å². The second-order valence-electron chi connectivity index (χ2n) is 2.20. The Morgan fingerprint density at radius 1 is 1.64 bits per heavy atom. The molecule has 0 aliphatic heterocycles. The van der Waals surface area contributed by atoms with Crippen molar-refractivity contribution in [2.45, 2.75) is 13.2 Å². The Bertz CT molecular complexity index is 234. The second kappa shape index (κ2) is 3.45. The highest BCUT2D eigenvalue weighted by atomic mass is 16.5. The van der Waals surface area contributed by atoms with Gasteiger partial charge in [-0.1, -0.05) is 5.21 Å². The Morgan fingerprint density at radius 2 is 2.36 bits per heavy atom. The third-order valence-electron chi connectivity index (χ3n) is 1.45. The van der Waals surface area contributed by atoms with Gasteiger partial charge in [-0.15, -0.1) is 5.10 Å². The van der Waals surface area contributed by atoms with E-state index in [1.54, 1.807) is 18.8 Å². The van der Waals surface area contributed by atoms with Crippen LogP contribution in [0.1, 0.15) is 11.4 Å². The maximum absolute atomic E-state index is 8.79. The van der Waals surface area contributed by atoms with Gasteiger partial charge in [0.25, 0.3) is 0 Å². The molecule has 62 valence electrons. The molecule has 0 unspecified atom stereocenters. The normalized spacial score (nSPS) is 10.5. The van der Waals surface area contributed by atoms with Gasteiger partial charge in [0.2, 0.25) is 0 Å². The summed E-state index contributed by atoms with van der Waals surface area (Å²) in [5, 5.41) is 16.3. The number of hydrogen-bond donors (Lipinski definition) is 1. The molecule has 5 nitrogen and oxygen atoms in total. The van der Waals surface area contributed by atoms with Gasteiger partial charge in [-0.05, 0) is 0 Å². The van der Waals surface area contributed by atoms with Crippen LogP contribution in [0.25, 0.3) is 0 Å². The van der Waals surface area contributed by atoms with Crippen LogP contribution >= 0.6 is 0 Å². The maximum atomic E-state index is 8.79. The van der Waals surface area contributed by atoms with Crippen LogP contribution < -0.4 is 0 Å². The summed E-state index contributed by atoms with van der Waals surface area (Å²) in [5.41, 5.74) is 1.39. The zero-order valence-electron chi connectivity index (χ0n) is 6.61. The summed E-state index contributed by atoms with van der Waals surface area (Å²) in [6, 6.07) is 0. The minimum Gasteiger partial charge on any atom is -0.390 e. The number of aryl methyl sites for hydroxylation is 1. The third kappa shape index (κ3) is 1.55. The predicted molar refractivity (Wildman–Crippen MR) is 37.6 cm³/mol. The number of nitrogens with zero attached hydrogens (tertiary/aromatic N) is 3. The van der Waals surface area contributed by atoms with E-state index in [4.69, 9.17) is 9.84 Å². The van der Waals surface area contributed by atoms with Gasteiger partial charge in [0, 0.05) is 14.2 Å². The van der Waals surface area contributed by atoms with Crippen LogP contribution in [0.2, 0.25) is 0 Å². The molecule has 0 aliphatic carbocycles. The van der Waals surface area contributed by atoms with Crippen molar-refractivity contribution < 1.29 is 9.84 Å². The molecule has 0 bridgehead atoms. The highest BCUT2D eigenvalue weighted by molar-refractivity contribution is 5.07. The first-order valence-corrected chi connectivity index (χ1v) is 3.26. The molecule has 0 saturated carbocycles. The lowest BCUT2D eigenvalue weighted by atomic mass is 10.3. The molecular weight excluding hydrogens is 146 g/mol. The van der Waals surface area contributed by atoms with E-state index in [1.807, 2.05) is 0 Å². The van der Waals surface area contributed by atoms with Crippen LogP contribution in [0.15, 0.2) is 0 Å². The minimum absolute atomic E-state index is 0.0907. The average Bonchev–Trinajstić information content (AvgIpc) is 2.34. The molecule has 1 rings (SSSR count). The maximum Gasteiger partial charge on any atom is 0.114 e. The first-order chi connectivity index (χ1) is 5.29. The van der Waals surface area contributed by atoms with Crippen molar-refractivity contribution in [3.05, 3.63) is 11.4 Å². The van der Waals surface area contributed by atoms with E-state index in [1.165, 1.54) is 0 Å². The van der Waals surface area contributed by atoms with Crippen molar-refractivity contribution >= 4 is 0 Å². The monoisotopic (exact) mass is 157 g/mol. The van der Waals surface area contributed by atoms with Crippen LogP contribution in [-0.2, 0) is 25.0 Å². The largest absolute Gasteiger partial charge is 0.390 e. The van der Waals surface area contributed by atoms with E-state index in [0.29, 0.717) is 12.3 Å². The van der Waals surface area contributed by atoms with Crippen molar-refractivity contribution in [2.24, 2.45) is 7.05 Å². The lowest BCUT2D eigenvalue weighted by Crippen LogP contribution is -2.01. The first-order valence-electron chi connectivity index (χ1n) is 3.26. The van der Waals surface area contributed by atoms with Gasteiger partial charge in [0.05, 0.1) is 18.9 Å². The fourth-order valence-corrected chi connectivity index (χ4v) is 0.856. The molecule has 0 radical (unpaired) electrons. The number of aliphatic hydroxyl groups is 1. The highest BCUT2D eigenvalue weighted by Crippen LogP contribution is 2.04. The van der Waals surface area contributed by atoms with Crippen molar-refractivity contribution in [1.82, 2.24) is 15.0 Å². The zero-order chi connectivity index (χ0) is 8.27. The molecule has 1 N–H and O–H groups in total. The Kier molecular flexibility index (Phi) is 2.56. The second-order valence-corrected chi connectivity index (χ2v) is 2.20. The summed E-state index contributed by atoms with van der Waals surface area (Å²) >= 11 is 0. The number of methoxy groups -OCH3 is 1. The highest BCUT2D eigenvalue weighted by Gasteiger charge is 2.07. The summed E-state index contributed by atoms with van der Waals surface area (Å²) < 4.78 is 6.49. The molecule has 0 atom stereocenters. The van der Waals surface area contributed by atoms with E-state index in [9.17, 15) is 0 Å². The summed E-state index contributed by atoms with van der Waals surface area (Å²) in [6.45, 7) is 0.339. The Hall–Kier alpha value is -0.940. The molecule has 0 saturated heterocycles. The molecule has 0 fully saturated rings. The standard InChI is InChI=1S/C6H11N3O2/c1-9-6(4-11-2)5(3-10)7-8-9/h10H,3-4H2,1-2H3. The molecule has 0 amide bonds. The van der Waals surface area contributed by atoms with E-state index in [-0.39, 0.29) is 6.61 Å². The molecular formula is C6H11N3O2. The first kappa shape index (κ1) is 8.16. The van der Waals surface area contributed by atoms with Gasteiger partial charge >= 0.3 is 0 Å². The molecule has 5 heteroatoms. The van der Waals surface area contributed by atoms with Crippen molar-refractivity contribution in [3.63, 3.8) is 0 Å². The van der Waals surface area contributed by atoms with Crippen molar-refractivity contribution in [3.8, 4) is 0 Å². The Morgan fingerprint density at radius 3 is 2.91 bits per heavy atom. The smallest absolute Gasteiger partial charge is 0.114 e.